The molecule has 0 aromatic heterocycles. The van der Waals surface area contributed by atoms with Crippen LogP contribution in [-0.2, 0) is 18.3 Å². The molecule has 1 aromatic rings. The van der Waals surface area contributed by atoms with Crippen LogP contribution in [0, 0.1) is 0 Å². The van der Waals surface area contributed by atoms with Crippen LogP contribution in [0.3, 0.4) is 0 Å². The van der Waals surface area contributed by atoms with Gasteiger partial charge in [-0.3, -0.25) is 0 Å². The highest BCUT2D eigenvalue weighted by Gasteiger charge is 2.47. The van der Waals surface area contributed by atoms with Gasteiger partial charge in [-0.1, -0.05) is 18.0 Å². The molecule has 0 aliphatic heterocycles. The van der Waals surface area contributed by atoms with Crippen LogP contribution in [0.1, 0.15) is 48.8 Å². The Hall–Kier alpha value is -0.730. The summed E-state index contributed by atoms with van der Waals surface area (Å²) in [7, 11) is 1.72. The molecule has 3 heteroatoms. The monoisotopic (exact) mass is 279 g/mol. The summed E-state index contributed by atoms with van der Waals surface area (Å²) in [6.45, 7) is 0.705. The molecule has 1 fully saturated rings. The molecule has 104 valence electrons. The topological polar surface area (TPSA) is 35.2 Å². The maximum atomic E-state index is 6.44. The summed E-state index contributed by atoms with van der Waals surface area (Å²) in [4.78, 5) is 0. The van der Waals surface area contributed by atoms with Gasteiger partial charge in [0.2, 0.25) is 0 Å². The SMILES string of the molecule is COc1c(Cl)cc2c(c1C1(CN)CC1)CCCCC2. The van der Waals surface area contributed by atoms with Crippen molar-refractivity contribution >= 4 is 11.6 Å². The number of ether oxygens (including phenoxy) is 1. The van der Waals surface area contributed by atoms with Gasteiger partial charge in [0.15, 0.2) is 0 Å². The summed E-state index contributed by atoms with van der Waals surface area (Å²) in [5.41, 5.74) is 10.4. The maximum Gasteiger partial charge on any atom is 0.141 e. The number of hydrogen-bond acceptors (Lipinski definition) is 2. The van der Waals surface area contributed by atoms with Crippen molar-refractivity contribution in [1.82, 2.24) is 0 Å². The van der Waals surface area contributed by atoms with Crippen molar-refractivity contribution in [2.75, 3.05) is 13.7 Å². The molecule has 0 heterocycles. The summed E-state index contributed by atoms with van der Waals surface area (Å²) >= 11 is 6.44. The molecule has 2 aliphatic carbocycles. The highest BCUT2D eigenvalue weighted by molar-refractivity contribution is 6.32. The number of fused-ring (bicyclic) bond motifs is 1. The van der Waals surface area contributed by atoms with Crippen molar-refractivity contribution in [3.05, 3.63) is 27.8 Å². The molecular weight excluding hydrogens is 258 g/mol. The standard InChI is InChI=1S/C16H22ClNO/c1-19-15-13(17)9-11-5-3-2-4-6-12(11)14(15)16(10-18)7-8-16/h9H,2-8,10,18H2,1H3. The molecule has 0 amide bonds. The van der Waals surface area contributed by atoms with Crippen molar-refractivity contribution in [2.24, 2.45) is 5.73 Å². The van der Waals surface area contributed by atoms with Gasteiger partial charge in [-0.15, -0.1) is 0 Å². The van der Waals surface area contributed by atoms with Gasteiger partial charge < -0.3 is 10.5 Å². The number of hydrogen-bond donors (Lipinski definition) is 1. The Morgan fingerprint density at radius 3 is 2.63 bits per heavy atom. The second-order valence-electron chi connectivity index (χ2n) is 5.95. The Bertz CT molecular complexity index is 494. The first-order valence-electron chi connectivity index (χ1n) is 7.30. The fraction of sp³-hybridized carbons (Fsp3) is 0.625. The summed E-state index contributed by atoms with van der Waals surface area (Å²) in [5, 5.41) is 0.762. The van der Waals surface area contributed by atoms with E-state index in [0.29, 0.717) is 6.54 Å². The van der Waals surface area contributed by atoms with Gasteiger partial charge in [-0.25, -0.2) is 0 Å². The smallest absolute Gasteiger partial charge is 0.141 e. The second kappa shape index (κ2) is 4.99. The molecular formula is C16H22ClNO. The molecule has 2 nitrogen and oxygen atoms in total. The average molecular weight is 280 g/mol. The van der Waals surface area contributed by atoms with Crippen molar-refractivity contribution in [3.63, 3.8) is 0 Å². The van der Waals surface area contributed by atoms with Crippen molar-refractivity contribution in [1.29, 1.82) is 0 Å². The number of benzene rings is 1. The number of aryl methyl sites for hydroxylation is 1. The van der Waals surface area contributed by atoms with Crippen molar-refractivity contribution in [3.8, 4) is 5.75 Å². The van der Waals surface area contributed by atoms with E-state index in [0.717, 1.165) is 23.6 Å². The third-order valence-corrected chi connectivity index (χ3v) is 5.07. The molecule has 19 heavy (non-hydrogen) atoms. The Kier molecular flexibility index (Phi) is 3.48. The first-order chi connectivity index (χ1) is 9.22. The summed E-state index contributed by atoms with van der Waals surface area (Å²) in [6.07, 6.45) is 8.49. The van der Waals surface area contributed by atoms with Crippen LogP contribution in [0.15, 0.2) is 6.07 Å². The lowest BCUT2D eigenvalue weighted by Gasteiger charge is -2.24. The van der Waals surface area contributed by atoms with E-state index in [1.54, 1.807) is 7.11 Å². The zero-order chi connectivity index (χ0) is 13.5. The van der Waals surface area contributed by atoms with Crippen LogP contribution < -0.4 is 10.5 Å². The largest absolute Gasteiger partial charge is 0.495 e. The van der Waals surface area contributed by atoms with Gasteiger partial charge in [0.25, 0.3) is 0 Å². The Labute approximate surface area is 120 Å². The van der Waals surface area contributed by atoms with Crippen LogP contribution in [-0.4, -0.2) is 13.7 Å². The average Bonchev–Trinajstić information content (AvgIpc) is 3.21. The summed E-state index contributed by atoms with van der Waals surface area (Å²) < 4.78 is 5.62. The third kappa shape index (κ3) is 2.15. The van der Waals surface area contributed by atoms with Gasteiger partial charge in [-0.2, -0.15) is 0 Å². The Morgan fingerprint density at radius 2 is 2.00 bits per heavy atom. The highest BCUT2D eigenvalue weighted by Crippen LogP contribution is 2.54. The fourth-order valence-corrected chi connectivity index (χ4v) is 3.80. The minimum Gasteiger partial charge on any atom is -0.495 e. The Balaban J connectivity index is 2.20. The molecule has 0 bridgehead atoms. The van der Waals surface area contributed by atoms with Gasteiger partial charge in [0, 0.05) is 17.5 Å². The normalized spacial score (nSPS) is 20.6. The number of rotatable bonds is 3. The lowest BCUT2D eigenvalue weighted by molar-refractivity contribution is 0.403. The molecule has 0 spiro atoms. The predicted molar refractivity (Wildman–Crippen MR) is 79.2 cm³/mol. The van der Waals surface area contributed by atoms with Crippen LogP contribution in [0.2, 0.25) is 5.02 Å². The van der Waals surface area contributed by atoms with Crippen LogP contribution in [0.25, 0.3) is 0 Å². The van der Waals surface area contributed by atoms with Crippen molar-refractivity contribution in [2.45, 2.75) is 50.4 Å². The number of nitrogens with two attached hydrogens (primary N) is 1. The molecule has 0 atom stereocenters. The summed E-state index contributed by atoms with van der Waals surface area (Å²) in [6, 6.07) is 2.12. The molecule has 2 aliphatic rings. The van der Waals surface area contributed by atoms with E-state index in [1.165, 1.54) is 48.8 Å². The van der Waals surface area contributed by atoms with E-state index in [2.05, 4.69) is 6.07 Å². The first kappa shape index (κ1) is 13.3. The van der Waals surface area contributed by atoms with Crippen LogP contribution in [0.5, 0.6) is 5.75 Å². The molecule has 0 saturated heterocycles. The first-order valence-corrected chi connectivity index (χ1v) is 7.68. The fourth-order valence-electron chi connectivity index (χ4n) is 3.49. The quantitative estimate of drug-likeness (QED) is 0.858. The number of methoxy groups -OCH3 is 1. The molecule has 2 N–H and O–H groups in total. The molecule has 0 unspecified atom stereocenters. The van der Waals surface area contributed by atoms with E-state index >= 15 is 0 Å². The highest BCUT2D eigenvalue weighted by atomic mass is 35.5. The lowest BCUT2D eigenvalue weighted by Crippen LogP contribution is -2.23. The van der Waals surface area contributed by atoms with Crippen molar-refractivity contribution < 1.29 is 4.74 Å². The predicted octanol–water partition coefficient (Wildman–Crippen LogP) is 3.61. The van der Waals surface area contributed by atoms with E-state index in [4.69, 9.17) is 22.1 Å². The second-order valence-corrected chi connectivity index (χ2v) is 6.36. The zero-order valence-electron chi connectivity index (χ0n) is 11.6. The zero-order valence-corrected chi connectivity index (χ0v) is 12.4. The number of halogens is 1. The molecule has 0 radical (unpaired) electrons. The van der Waals surface area contributed by atoms with Gasteiger partial charge in [0.05, 0.1) is 12.1 Å². The van der Waals surface area contributed by atoms with E-state index in [9.17, 15) is 0 Å². The van der Waals surface area contributed by atoms with Crippen LogP contribution >= 0.6 is 11.6 Å². The molecule has 1 saturated carbocycles. The van der Waals surface area contributed by atoms with Gasteiger partial charge >= 0.3 is 0 Å². The minimum atomic E-state index is 0.144. The minimum absolute atomic E-state index is 0.144. The van der Waals surface area contributed by atoms with Crippen LogP contribution in [0.4, 0.5) is 0 Å². The summed E-state index contributed by atoms with van der Waals surface area (Å²) in [5.74, 6) is 0.880. The van der Waals surface area contributed by atoms with E-state index < -0.39 is 0 Å². The molecule has 3 rings (SSSR count). The van der Waals surface area contributed by atoms with E-state index in [1.807, 2.05) is 0 Å². The lowest BCUT2D eigenvalue weighted by atomic mass is 9.85. The van der Waals surface area contributed by atoms with Gasteiger partial charge in [0.1, 0.15) is 5.75 Å². The molecule has 1 aromatic carbocycles. The third-order valence-electron chi connectivity index (χ3n) is 4.79. The Morgan fingerprint density at radius 1 is 1.26 bits per heavy atom. The van der Waals surface area contributed by atoms with E-state index in [-0.39, 0.29) is 5.41 Å². The van der Waals surface area contributed by atoms with Gasteiger partial charge in [-0.05, 0) is 55.7 Å². The maximum absolute atomic E-state index is 6.44.